The van der Waals surface area contributed by atoms with Crippen LogP contribution in [0.15, 0.2) is 4.99 Å². The van der Waals surface area contributed by atoms with E-state index >= 15 is 0 Å². The second kappa shape index (κ2) is 10.2. The first-order chi connectivity index (χ1) is 9.25. The number of unbranched alkanes of at least 4 members (excludes halogenated alkanes) is 8. The zero-order valence-electron chi connectivity index (χ0n) is 13.0. The molecular formula is C16H33N3. The standard InChI is InChI=1S/C16H33N3/c1-3-4-5-6-7-8-9-10-11-12-16-18-13-14-19(16)15(2)17/h15H,3-14,17H2,1-2H3. The fourth-order valence-electron chi connectivity index (χ4n) is 2.76. The van der Waals surface area contributed by atoms with Gasteiger partial charge in [-0.15, -0.1) is 0 Å². The topological polar surface area (TPSA) is 41.6 Å². The summed E-state index contributed by atoms with van der Waals surface area (Å²) in [6.45, 7) is 6.28. The van der Waals surface area contributed by atoms with Gasteiger partial charge in [0.1, 0.15) is 5.84 Å². The van der Waals surface area contributed by atoms with Crippen LogP contribution in [-0.2, 0) is 0 Å². The van der Waals surface area contributed by atoms with E-state index in [2.05, 4.69) is 23.7 Å². The molecular weight excluding hydrogens is 234 g/mol. The summed E-state index contributed by atoms with van der Waals surface area (Å²) in [5, 5.41) is 0. The minimum atomic E-state index is 0.125. The molecule has 1 aliphatic heterocycles. The maximum Gasteiger partial charge on any atom is 0.100 e. The van der Waals surface area contributed by atoms with Crippen molar-refractivity contribution in [3.8, 4) is 0 Å². The van der Waals surface area contributed by atoms with Crippen molar-refractivity contribution in [3.63, 3.8) is 0 Å². The van der Waals surface area contributed by atoms with Crippen molar-refractivity contribution < 1.29 is 0 Å². The average Bonchev–Trinajstić information content (AvgIpc) is 2.85. The molecule has 0 aromatic carbocycles. The maximum absolute atomic E-state index is 5.94. The minimum Gasteiger partial charge on any atom is -0.343 e. The Morgan fingerprint density at radius 1 is 1.05 bits per heavy atom. The van der Waals surface area contributed by atoms with Gasteiger partial charge < -0.3 is 10.6 Å². The molecule has 1 aliphatic rings. The first-order valence-corrected chi connectivity index (χ1v) is 8.31. The van der Waals surface area contributed by atoms with Crippen molar-refractivity contribution in [2.24, 2.45) is 10.7 Å². The molecule has 1 atom stereocenters. The highest BCUT2D eigenvalue weighted by molar-refractivity contribution is 5.83. The van der Waals surface area contributed by atoms with Crippen LogP contribution >= 0.6 is 0 Å². The number of nitrogens with zero attached hydrogens (tertiary/aromatic N) is 2. The minimum absolute atomic E-state index is 0.125. The van der Waals surface area contributed by atoms with Gasteiger partial charge in [0.05, 0.1) is 12.7 Å². The number of rotatable bonds is 11. The number of aliphatic imine (C=N–C) groups is 1. The Kier molecular flexibility index (Phi) is 8.89. The van der Waals surface area contributed by atoms with E-state index < -0.39 is 0 Å². The monoisotopic (exact) mass is 267 g/mol. The van der Waals surface area contributed by atoms with Crippen LogP contribution in [-0.4, -0.2) is 30.0 Å². The predicted octanol–water partition coefficient (Wildman–Crippen LogP) is 3.93. The van der Waals surface area contributed by atoms with Crippen LogP contribution in [0.25, 0.3) is 0 Å². The van der Waals surface area contributed by atoms with Crippen LogP contribution in [0.5, 0.6) is 0 Å². The SMILES string of the molecule is CCCCCCCCCCCC1=NCCN1C(C)N. The van der Waals surface area contributed by atoms with E-state index in [1.807, 2.05) is 0 Å². The van der Waals surface area contributed by atoms with E-state index in [-0.39, 0.29) is 6.17 Å². The van der Waals surface area contributed by atoms with Crippen molar-refractivity contribution in [2.75, 3.05) is 13.1 Å². The third-order valence-electron chi connectivity index (χ3n) is 3.96. The van der Waals surface area contributed by atoms with Crippen LogP contribution in [0.1, 0.15) is 78.1 Å². The van der Waals surface area contributed by atoms with E-state index in [9.17, 15) is 0 Å². The van der Waals surface area contributed by atoms with Crippen LogP contribution in [0, 0.1) is 0 Å². The van der Waals surface area contributed by atoms with Gasteiger partial charge in [-0.2, -0.15) is 0 Å². The van der Waals surface area contributed by atoms with Crippen LogP contribution in [0.3, 0.4) is 0 Å². The summed E-state index contributed by atoms with van der Waals surface area (Å²) in [5.74, 6) is 1.25. The Labute approximate surface area is 119 Å². The van der Waals surface area contributed by atoms with Crippen molar-refractivity contribution in [1.29, 1.82) is 0 Å². The fourth-order valence-corrected chi connectivity index (χ4v) is 2.76. The lowest BCUT2D eigenvalue weighted by atomic mass is 10.1. The summed E-state index contributed by atoms with van der Waals surface area (Å²) < 4.78 is 0. The van der Waals surface area contributed by atoms with E-state index in [0.29, 0.717) is 0 Å². The van der Waals surface area contributed by atoms with Gasteiger partial charge in [0, 0.05) is 13.0 Å². The van der Waals surface area contributed by atoms with Gasteiger partial charge in [0.25, 0.3) is 0 Å². The van der Waals surface area contributed by atoms with Crippen LogP contribution in [0.4, 0.5) is 0 Å². The second-order valence-electron chi connectivity index (χ2n) is 5.81. The molecule has 19 heavy (non-hydrogen) atoms. The van der Waals surface area contributed by atoms with Gasteiger partial charge in [-0.1, -0.05) is 58.3 Å². The van der Waals surface area contributed by atoms with Crippen LogP contribution < -0.4 is 5.73 Å². The lowest BCUT2D eigenvalue weighted by molar-refractivity contribution is 0.358. The molecule has 0 radical (unpaired) electrons. The highest BCUT2D eigenvalue weighted by atomic mass is 15.3. The molecule has 0 bridgehead atoms. The molecule has 0 aliphatic carbocycles. The molecule has 0 saturated carbocycles. The smallest absolute Gasteiger partial charge is 0.100 e. The number of nitrogens with two attached hydrogens (primary N) is 1. The normalized spacial score (nSPS) is 16.8. The van der Waals surface area contributed by atoms with E-state index in [0.717, 1.165) is 19.5 Å². The van der Waals surface area contributed by atoms with Crippen LogP contribution in [0.2, 0.25) is 0 Å². The first kappa shape index (κ1) is 16.5. The second-order valence-corrected chi connectivity index (χ2v) is 5.81. The largest absolute Gasteiger partial charge is 0.343 e. The highest BCUT2D eigenvalue weighted by Gasteiger charge is 2.18. The van der Waals surface area contributed by atoms with Crippen molar-refractivity contribution >= 4 is 5.84 Å². The highest BCUT2D eigenvalue weighted by Crippen LogP contribution is 2.14. The van der Waals surface area contributed by atoms with Gasteiger partial charge in [-0.25, -0.2) is 0 Å². The first-order valence-electron chi connectivity index (χ1n) is 8.31. The summed E-state index contributed by atoms with van der Waals surface area (Å²) >= 11 is 0. The van der Waals surface area contributed by atoms with Crippen molar-refractivity contribution in [2.45, 2.75) is 84.2 Å². The van der Waals surface area contributed by atoms with Gasteiger partial charge in [0.2, 0.25) is 0 Å². The molecule has 1 rings (SSSR count). The lowest BCUT2D eigenvalue weighted by Gasteiger charge is -2.24. The summed E-state index contributed by atoms with van der Waals surface area (Å²) in [6.07, 6.45) is 13.7. The van der Waals surface area contributed by atoms with Gasteiger partial charge in [-0.05, 0) is 13.3 Å². The number of amidine groups is 1. The quantitative estimate of drug-likeness (QED) is 0.576. The number of hydrogen-bond acceptors (Lipinski definition) is 3. The molecule has 3 nitrogen and oxygen atoms in total. The molecule has 3 heteroatoms. The summed E-state index contributed by atoms with van der Waals surface area (Å²) in [6, 6.07) is 0. The summed E-state index contributed by atoms with van der Waals surface area (Å²) in [4.78, 5) is 6.82. The summed E-state index contributed by atoms with van der Waals surface area (Å²) in [5.41, 5.74) is 5.94. The third-order valence-corrected chi connectivity index (χ3v) is 3.96. The zero-order chi connectivity index (χ0) is 13.9. The zero-order valence-corrected chi connectivity index (χ0v) is 13.0. The Hall–Kier alpha value is -0.570. The van der Waals surface area contributed by atoms with E-state index in [4.69, 9.17) is 5.73 Å². The molecule has 1 heterocycles. The Morgan fingerprint density at radius 2 is 1.63 bits per heavy atom. The Balaban J connectivity index is 1.93. The molecule has 0 amide bonds. The van der Waals surface area contributed by atoms with Gasteiger partial charge >= 0.3 is 0 Å². The molecule has 0 aromatic heterocycles. The molecule has 0 spiro atoms. The van der Waals surface area contributed by atoms with Gasteiger partial charge in [0.15, 0.2) is 0 Å². The molecule has 0 fully saturated rings. The van der Waals surface area contributed by atoms with Gasteiger partial charge in [-0.3, -0.25) is 4.99 Å². The van der Waals surface area contributed by atoms with E-state index in [1.165, 1.54) is 63.6 Å². The maximum atomic E-state index is 5.94. The van der Waals surface area contributed by atoms with E-state index in [1.54, 1.807) is 0 Å². The molecule has 2 N–H and O–H groups in total. The third kappa shape index (κ3) is 6.95. The Bertz CT molecular complexity index is 248. The molecule has 1 unspecified atom stereocenters. The average molecular weight is 267 g/mol. The molecule has 0 saturated heterocycles. The molecule has 0 aromatic rings. The lowest BCUT2D eigenvalue weighted by Crippen LogP contribution is -2.41. The number of hydrogen-bond donors (Lipinski definition) is 1. The fraction of sp³-hybridized carbons (Fsp3) is 0.938. The molecule has 112 valence electrons. The van der Waals surface area contributed by atoms with Crippen molar-refractivity contribution in [1.82, 2.24) is 4.90 Å². The Morgan fingerprint density at radius 3 is 2.21 bits per heavy atom. The predicted molar refractivity (Wildman–Crippen MR) is 84.5 cm³/mol. The summed E-state index contributed by atoms with van der Waals surface area (Å²) in [7, 11) is 0. The van der Waals surface area contributed by atoms with Crippen molar-refractivity contribution in [3.05, 3.63) is 0 Å².